The van der Waals surface area contributed by atoms with Gasteiger partial charge < -0.3 is 9.88 Å². The van der Waals surface area contributed by atoms with Gasteiger partial charge in [0.15, 0.2) is 4.77 Å². The van der Waals surface area contributed by atoms with Crippen LogP contribution in [0.4, 0.5) is 0 Å². The molecule has 140 valence electrons. The fourth-order valence-corrected chi connectivity index (χ4v) is 4.29. The number of aromatic nitrogens is 2. The number of thiophene rings is 1. The molecule has 1 fully saturated rings. The van der Waals surface area contributed by atoms with Crippen molar-refractivity contribution in [3.63, 3.8) is 0 Å². The minimum atomic E-state index is -0.157. The van der Waals surface area contributed by atoms with Gasteiger partial charge in [-0.1, -0.05) is 6.07 Å². The highest BCUT2D eigenvalue weighted by atomic mass is 32.1. The van der Waals surface area contributed by atoms with E-state index in [1.807, 2.05) is 4.90 Å². The molecule has 1 aliphatic rings. The molecule has 1 amide bonds. The van der Waals surface area contributed by atoms with Gasteiger partial charge in [-0.05, 0) is 41.9 Å². The third-order valence-electron chi connectivity index (χ3n) is 4.97. The lowest BCUT2D eigenvalue weighted by atomic mass is 10.1. The quantitative estimate of drug-likeness (QED) is 0.687. The first-order valence-electron chi connectivity index (χ1n) is 8.80. The molecule has 1 aliphatic heterocycles. The zero-order valence-corrected chi connectivity index (χ0v) is 16.6. The van der Waals surface area contributed by atoms with Crippen LogP contribution in [-0.4, -0.2) is 51.4 Å². The molecule has 0 atom stereocenters. The van der Waals surface area contributed by atoms with E-state index >= 15 is 0 Å². The van der Waals surface area contributed by atoms with Crippen LogP contribution in [0, 0.1) is 4.77 Å². The van der Waals surface area contributed by atoms with Crippen LogP contribution in [0.3, 0.4) is 0 Å². The second kappa shape index (κ2) is 7.38. The number of H-pyrrole nitrogens is 1. The number of fused-ring (bicyclic) bond motifs is 1. The van der Waals surface area contributed by atoms with Crippen molar-refractivity contribution in [1.82, 2.24) is 19.4 Å². The normalized spacial score (nSPS) is 15.4. The molecule has 0 spiro atoms. The Morgan fingerprint density at radius 3 is 2.70 bits per heavy atom. The van der Waals surface area contributed by atoms with Crippen molar-refractivity contribution in [1.29, 1.82) is 0 Å². The van der Waals surface area contributed by atoms with E-state index < -0.39 is 0 Å². The molecule has 0 radical (unpaired) electrons. The van der Waals surface area contributed by atoms with E-state index in [4.69, 9.17) is 12.2 Å². The van der Waals surface area contributed by atoms with Crippen LogP contribution in [0.25, 0.3) is 10.9 Å². The zero-order chi connectivity index (χ0) is 19.0. The van der Waals surface area contributed by atoms with Crippen molar-refractivity contribution in [2.45, 2.75) is 6.54 Å². The molecule has 27 heavy (non-hydrogen) atoms. The van der Waals surface area contributed by atoms with Crippen LogP contribution < -0.4 is 5.56 Å². The summed E-state index contributed by atoms with van der Waals surface area (Å²) in [6.45, 7) is 4.07. The number of piperazine rings is 1. The SMILES string of the molecule is Cn1c(=S)[nH]c2cc(C(=O)N3CCN(Cc4cccs4)CC3)ccc2c1=O. The summed E-state index contributed by atoms with van der Waals surface area (Å²) in [6.07, 6.45) is 0. The number of carbonyl (C=O) groups is 1. The maximum atomic E-state index is 12.9. The molecule has 1 N–H and O–H groups in total. The molecule has 8 heteroatoms. The van der Waals surface area contributed by atoms with Crippen LogP contribution in [0.2, 0.25) is 0 Å². The lowest BCUT2D eigenvalue weighted by Crippen LogP contribution is -2.48. The van der Waals surface area contributed by atoms with Gasteiger partial charge in [-0.2, -0.15) is 0 Å². The summed E-state index contributed by atoms with van der Waals surface area (Å²) in [5.41, 5.74) is 1.02. The largest absolute Gasteiger partial charge is 0.336 e. The topological polar surface area (TPSA) is 61.3 Å². The number of hydrogen-bond donors (Lipinski definition) is 1. The van der Waals surface area contributed by atoms with Gasteiger partial charge in [0, 0.05) is 50.2 Å². The average molecular weight is 401 g/mol. The zero-order valence-electron chi connectivity index (χ0n) is 15.0. The minimum Gasteiger partial charge on any atom is -0.336 e. The maximum absolute atomic E-state index is 12.9. The lowest BCUT2D eigenvalue weighted by molar-refractivity contribution is 0.0630. The number of hydrogen-bond acceptors (Lipinski definition) is 5. The molecule has 0 unspecified atom stereocenters. The van der Waals surface area contributed by atoms with Gasteiger partial charge in [-0.15, -0.1) is 11.3 Å². The Hall–Kier alpha value is -2.29. The molecule has 0 bridgehead atoms. The van der Waals surface area contributed by atoms with Crippen molar-refractivity contribution in [3.8, 4) is 0 Å². The Labute approximate surface area is 165 Å². The summed E-state index contributed by atoms with van der Waals surface area (Å²) in [5.74, 6) is -0.00679. The molecule has 1 saturated heterocycles. The number of benzene rings is 1. The van der Waals surface area contributed by atoms with Crippen molar-refractivity contribution in [2.24, 2.45) is 7.05 Å². The van der Waals surface area contributed by atoms with E-state index in [1.54, 1.807) is 36.6 Å². The average Bonchev–Trinajstić information content (AvgIpc) is 3.19. The molecule has 3 aromatic rings. The van der Waals surface area contributed by atoms with Crippen LogP contribution in [0.1, 0.15) is 15.2 Å². The smallest absolute Gasteiger partial charge is 0.261 e. The van der Waals surface area contributed by atoms with E-state index in [1.165, 1.54) is 9.44 Å². The summed E-state index contributed by atoms with van der Waals surface area (Å²) in [4.78, 5) is 33.8. The monoisotopic (exact) mass is 400 g/mol. The third-order valence-corrected chi connectivity index (χ3v) is 6.20. The van der Waals surface area contributed by atoms with Crippen molar-refractivity contribution in [3.05, 3.63) is 61.3 Å². The predicted molar refractivity (Wildman–Crippen MR) is 110 cm³/mol. The first-order chi connectivity index (χ1) is 13.0. The first-order valence-corrected chi connectivity index (χ1v) is 10.1. The van der Waals surface area contributed by atoms with E-state index in [0.29, 0.717) is 34.3 Å². The van der Waals surface area contributed by atoms with E-state index in [9.17, 15) is 9.59 Å². The van der Waals surface area contributed by atoms with Crippen molar-refractivity contribution in [2.75, 3.05) is 26.2 Å². The Morgan fingerprint density at radius 1 is 1.22 bits per heavy atom. The van der Waals surface area contributed by atoms with Gasteiger partial charge in [0.25, 0.3) is 11.5 Å². The van der Waals surface area contributed by atoms with Gasteiger partial charge >= 0.3 is 0 Å². The lowest BCUT2D eigenvalue weighted by Gasteiger charge is -2.34. The number of rotatable bonds is 3. The van der Waals surface area contributed by atoms with Crippen LogP contribution in [0.5, 0.6) is 0 Å². The van der Waals surface area contributed by atoms with Crippen LogP contribution in [-0.2, 0) is 13.6 Å². The van der Waals surface area contributed by atoms with Gasteiger partial charge in [0.2, 0.25) is 0 Å². The van der Waals surface area contributed by atoms with E-state index in [2.05, 4.69) is 27.4 Å². The molecule has 6 nitrogen and oxygen atoms in total. The Balaban J connectivity index is 1.49. The summed E-state index contributed by atoms with van der Waals surface area (Å²) in [7, 11) is 1.63. The predicted octanol–water partition coefficient (Wildman–Crippen LogP) is 2.62. The number of aromatic amines is 1. The second-order valence-electron chi connectivity index (χ2n) is 6.70. The number of carbonyl (C=O) groups excluding carboxylic acids is 1. The van der Waals surface area contributed by atoms with Crippen molar-refractivity contribution >= 4 is 40.4 Å². The number of nitrogens with zero attached hydrogens (tertiary/aromatic N) is 3. The molecule has 0 saturated carbocycles. The highest BCUT2D eigenvalue weighted by molar-refractivity contribution is 7.71. The summed E-state index contributed by atoms with van der Waals surface area (Å²) in [5, 5.41) is 2.62. The molecule has 0 aliphatic carbocycles. The Kier molecular flexibility index (Phi) is 4.94. The highest BCUT2D eigenvalue weighted by Gasteiger charge is 2.22. The summed E-state index contributed by atoms with van der Waals surface area (Å²) in [6, 6.07) is 9.36. The summed E-state index contributed by atoms with van der Waals surface area (Å²) >= 11 is 6.93. The first kappa shape index (κ1) is 18.1. The molecular formula is C19H20N4O2S2. The minimum absolute atomic E-state index is 0.00679. The van der Waals surface area contributed by atoms with Gasteiger partial charge in [-0.3, -0.25) is 19.1 Å². The third kappa shape index (κ3) is 3.60. The molecule has 2 aromatic heterocycles. The van der Waals surface area contributed by atoms with E-state index in [-0.39, 0.29) is 11.5 Å². The van der Waals surface area contributed by atoms with Crippen LogP contribution >= 0.6 is 23.6 Å². The van der Waals surface area contributed by atoms with Crippen LogP contribution in [0.15, 0.2) is 40.5 Å². The Morgan fingerprint density at radius 2 is 2.00 bits per heavy atom. The highest BCUT2D eigenvalue weighted by Crippen LogP contribution is 2.16. The standard InChI is InChI=1S/C19H20N4O2S2/c1-21-18(25)15-5-4-13(11-16(15)20-19(21)26)17(24)23-8-6-22(7-9-23)12-14-3-2-10-27-14/h2-5,10-11H,6-9,12H2,1H3,(H,20,26). The van der Waals surface area contributed by atoms with Gasteiger partial charge in [0.1, 0.15) is 0 Å². The second-order valence-corrected chi connectivity index (χ2v) is 8.12. The van der Waals surface area contributed by atoms with Crippen molar-refractivity contribution < 1.29 is 4.79 Å². The molecule has 1 aromatic carbocycles. The fourth-order valence-electron chi connectivity index (χ4n) is 3.35. The fraction of sp³-hybridized carbons (Fsp3) is 0.316. The molecular weight excluding hydrogens is 380 g/mol. The van der Waals surface area contributed by atoms with Gasteiger partial charge in [-0.25, -0.2) is 0 Å². The molecule has 4 rings (SSSR count). The maximum Gasteiger partial charge on any atom is 0.261 e. The summed E-state index contributed by atoms with van der Waals surface area (Å²) < 4.78 is 1.74. The van der Waals surface area contributed by atoms with E-state index in [0.717, 1.165) is 19.6 Å². The molecule has 3 heterocycles. The Bertz CT molecular complexity index is 1090. The van der Waals surface area contributed by atoms with Gasteiger partial charge in [0.05, 0.1) is 10.9 Å². The number of nitrogens with one attached hydrogen (secondary N) is 1. The number of amides is 1.